The molecule has 0 saturated heterocycles. The van der Waals surface area contributed by atoms with Gasteiger partial charge in [0.15, 0.2) is 23.7 Å². The number of nitrogens with one attached hydrogen (secondary N) is 1. The number of halogens is 2. The molecule has 2 aromatic carbocycles. The minimum atomic E-state index is -0.538. The molecule has 6 nitrogen and oxygen atoms in total. The van der Waals surface area contributed by atoms with Gasteiger partial charge in [-0.2, -0.15) is 0 Å². The van der Waals surface area contributed by atoms with Gasteiger partial charge in [-0.1, -0.05) is 31.0 Å². The fraction of sp³-hybridized carbons (Fsp3) is 0.304. The summed E-state index contributed by atoms with van der Waals surface area (Å²) in [4.78, 5) is 15.1. The number of benzene rings is 2. The SMILES string of the molecule is CCC[C@@H](N[C@H](C)CC(N)=O)c1ccc(Cl)c(Oc2ccc(-c3cnco3)cc2)c1F. The van der Waals surface area contributed by atoms with Gasteiger partial charge >= 0.3 is 0 Å². The van der Waals surface area contributed by atoms with Gasteiger partial charge in [0.25, 0.3) is 0 Å². The van der Waals surface area contributed by atoms with Crippen LogP contribution in [0.25, 0.3) is 11.3 Å². The van der Waals surface area contributed by atoms with E-state index in [4.69, 9.17) is 26.5 Å². The van der Waals surface area contributed by atoms with Gasteiger partial charge in [-0.15, -0.1) is 0 Å². The zero-order valence-electron chi connectivity index (χ0n) is 17.4. The molecule has 3 rings (SSSR count). The first kappa shape index (κ1) is 22.8. The van der Waals surface area contributed by atoms with Gasteiger partial charge in [-0.3, -0.25) is 4.79 Å². The Kier molecular flexibility index (Phi) is 7.65. The number of primary amides is 1. The van der Waals surface area contributed by atoms with Crippen molar-refractivity contribution in [3.05, 3.63) is 65.4 Å². The molecule has 31 heavy (non-hydrogen) atoms. The Morgan fingerprint density at radius 3 is 2.65 bits per heavy atom. The predicted molar refractivity (Wildman–Crippen MR) is 117 cm³/mol. The number of amides is 1. The van der Waals surface area contributed by atoms with Gasteiger partial charge in [0.2, 0.25) is 5.91 Å². The highest BCUT2D eigenvalue weighted by Gasteiger charge is 2.23. The number of carbonyl (C=O) groups is 1. The van der Waals surface area contributed by atoms with Crippen LogP contribution in [0.4, 0.5) is 4.39 Å². The van der Waals surface area contributed by atoms with Crippen molar-refractivity contribution in [2.24, 2.45) is 5.73 Å². The standard InChI is InChI=1S/C23H25ClFN3O3/c1-3-4-19(28-14(2)11-21(26)29)17-9-10-18(24)23(22(17)25)31-16-7-5-15(6-8-16)20-12-27-13-30-20/h5-10,12-14,19,28H,3-4,11H2,1-2H3,(H2,26,29)/t14-,19-/m1/s1. The van der Waals surface area contributed by atoms with E-state index in [2.05, 4.69) is 10.3 Å². The summed E-state index contributed by atoms with van der Waals surface area (Å²) in [6.45, 7) is 3.85. The smallest absolute Gasteiger partial charge is 0.218 e. The Morgan fingerprint density at radius 2 is 2.03 bits per heavy atom. The molecule has 0 aliphatic carbocycles. The molecule has 8 heteroatoms. The summed E-state index contributed by atoms with van der Waals surface area (Å²) in [7, 11) is 0. The third-order valence-corrected chi connectivity index (χ3v) is 5.11. The fourth-order valence-electron chi connectivity index (χ4n) is 3.40. The molecular weight excluding hydrogens is 421 g/mol. The third kappa shape index (κ3) is 5.83. The third-order valence-electron chi connectivity index (χ3n) is 4.82. The second-order valence-electron chi connectivity index (χ2n) is 7.35. The van der Waals surface area contributed by atoms with Crippen molar-refractivity contribution in [1.29, 1.82) is 0 Å². The van der Waals surface area contributed by atoms with Crippen LogP contribution in [0.15, 0.2) is 53.4 Å². The average Bonchev–Trinajstić information content (AvgIpc) is 3.26. The summed E-state index contributed by atoms with van der Waals surface area (Å²) in [5.74, 6) is 0.0605. The predicted octanol–water partition coefficient (Wildman–Crippen LogP) is 5.62. The summed E-state index contributed by atoms with van der Waals surface area (Å²) >= 11 is 6.25. The van der Waals surface area contributed by atoms with E-state index in [9.17, 15) is 4.79 Å². The van der Waals surface area contributed by atoms with Crippen molar-refractivity contribution in [3.63, 3.8) is 0 Å². The molecule has 1 aromatic heterocycles. The van der Waals surface area contributed by atoms with Crippen molar-refractivity contribution in [2.45, 2.75) is 45.2 Å². The second-order valence-corrected chi connectivity index (χ2v) is 7.76. The number of nitrogens with zero attached hydrogens (tertiary/aromatic N) is 1. The average molecular weight is 446 g/mol. The first-order valence-corrected chi connectivity index (χ1v) is 10.5. The number of rotatable bonds is 10. The molecule has 0 aliphatic rings. The van der Waals surface area contributed by atoms with Crippen LogP contribution in [0.1, 0.15) is 44.7 Å². The monoisotopic (exact) mass is 445 g/mol. The lowest BCUT2D eigenvalue weighted by molar-refractivity contribution is -0.118. The largest absolute Gasteiger partial charge is 0.453 e. The minimum absolute atomic E-state index is 0.0444. The van der Waals surface area contributed by atoms with E-state index in [1.807, 2.05) is 13.8 Å². The molecule has 0 unspecified atom stereocenters. The Balaban J connectivity index is 1.84. The number of hydrogen-bond donors (Lipinski definition) is 2. The summed E-state index contributed by atoms with van der Waals surface area (Å²) < 4.78 is 26.5. The minimum Gasteiger partial charge on any atom is -0.453 e. The van der Waals surface area contributed by atoms with E-state index >= 15 is 4.39 Å². The van der Waals surface area contributed by atoms with Crippen LogP contribution in [-0.4, -0.2) is 16.9 Å². The normalized spacial score (nSPS) is 13.0. The topological polar surface area (TPSA) is 90.4 Å². The van der Waals surface area contributed by atoms with Crippen LogP contribution in [0, 0.1) is 5.82 Å². The molecule has 2 atom stereocenters. The summed E-state index contributed by atoms with van der Waals surface area (Å²) in [6, 6.07) is 9.73. The molecule has 0 aliphatic heterocycles. The van der Waals surface area contributed by atoms with E-state index in [-0.39, 0.29) is 29.3 Å². The number of nitrogens with two attached hydrogens (primary N) is 1. The van der Waals surface area contributed by atoms with Crippen LogP contribution in [0.3, 0.4) is 0 Å². The molecule has 0 spiro atoms. The van der Waals surface area contributed by atoms with Gasteiger partial charge < -0.3 is 20.2 Å². The van der Waals surface area contributed by atoms with E-state index in [0.29, 0.717) is 23.5 Å². The van der Waals surface area contributed by atoms with Crippen LogP contribution in [0.2, 0.25) is 5.02 Å². The van der Waals surface area contributed by atoms with Crippen molar-refractivity contribution in [1.82, 2.24) is 10.3 Å². The first-order valence-electron chi connectivity index (χ1n) is 10.1. The van der Waals surface area contributed by atoms with Crippen molar-refractivity contribution >= 4 is 17.5 Å². The maximum Gasteiger partial charge on any atom is 0.218 e. The highest BCUT2D eigenvalue weighted by molar-refractivity contribution is 6.32. The van der Waals surface area contributed by atoms with Crippen LogP contribution in [0.5, 0.6) is 11.5 Å². The van der Waals surface area contributed by atoms with Gasteiger partial charge in [0.05, 0.1) is 11.2 Å². The maximum atomic E-state index is 15.4. The van der Waals surface area contributed by atoms with E-state index in [0.717, 1.165) is 12.0 Å². The van der Waals surface area contributed by atoms with Crippen LogP contribution in [-0.2, 0) is 4.79 Å². The van der Waals surface area contributed by atoms with E-state index < -0.39 is 11.7 Å². The van der Waals surface area contributed by atoms with Crippen molar-refractivity contribution < 1.29 is 18.3 Å². The quantitative estimate of drug-likeness (QED) is 0.422. The van der Waals surface area contributed by atoms with Gasteiger partial charge in [0.1, 0.15) is 5.75 Å². The zero-order valence-corrected chi connectivity index (χ0v) is 18.2. The molecule has 3 aromatic rings. The number of carbonyl (C=O) groups excluding carboxylic acids is 1. The lowest BCUT2D eigenvalue weighted by Crippen LogP contribution is -2.34. The summed E-state index contributed by atoms with van der Waals surface area (Å²) in [5.41, 5.74) is 6.53. The molecule has 0 bridgehead atoms. The van der Waals surface area contributed by atoms with Crippen LogP contribution >= 0.6 is 11.6 Å². The number of oxazole rings is 1. The molecule has 1 amide bonds. The Morgan fingerprint density at radius 1 is 1.29 bits per heavy atom. The van der Waals surface area contributed by atoms with Gasteiger partial charge in [-0.25, -0.2) is 9.37 Å². The molecule has 0 saturated carbocycles. The van der Waals surface area contributed by atoms with Crippen molar-refractivity contribution in [3.8, 4) is 22.8 Å². The number of ether oxygens (including phenoxy) is 1. The van der Waals surface area contributed by atoms with E-state index in [1.165, 1.54) is 6.39 Å². The lowest BCUT2D eigenvalue weighted by atomic mass is 9.99. The summed E-state index contributed by atoms with van der Waals surface area (Å²) in [6.07, 6.45) is 4.62. The molecule has 164 valence electrons. The fourth-order valence-corrected chi connectivity index (χ4v) is 3.58. The summed E-state index contributed by atoms with van der Waals surface area (Å²) in [5, 5.41) is 3.45. The number of aromatic nitrogens is 1. The van der Waals surface area contributed by atoms with Gasteiger partial charge in [0, 0.05) is 29.6 Å². The Bertz CT molecular complexity index is 1010. The van der Waals surface area contributed by atoms with E-state index in [1.54, 1.807) is 42.6 Å². The number of hydrogen-bond acceptors (Lipinski definition) is 5. The highest BCUT2D eigenvalue weighted by atomic mass is 35.5. The lowest BCUT2D eigenvalue weighted by Gasteiger charge is -2.24. The maximum absolute atomic E-state index is 15.4. The Hall–Kier alpha value is -2.90. The van der Waals surface area contributed by atoms with Gasteiger partial charge in [-0.05, 0) is 43.7 Å². The molecule has 0 radical (unpaired) electrons. The molecule has 1 heterocycles. The zero-order chi connectivity index (χ0) is 22.4. The molecular formula is C23H25ClFN3O3. The first-order chi connectivity index (χ1) is 14.9. The van der Waals surface area contributed by atoms with Crippen LogP contribution < -0.4 is 15.8 Å². The molecule has 0 fully saturated rings. The molecule has 3 N–H and O–H groups in total. The highest BCUT2D eigenvalue weighted by Crippen LogP contribution is 2.37. The second kappa shape index (κ2) is 10.4. The Labute approximate surface area is 185 Å². The van der Waals surface area contributed by atoms with Crippen molar-refractivity contribution in [2.75, 3.05) is 0 Å².